The van der Waals surface area contributed by atoms with E-state index in [2.05, 4.69) is 15.4 Å². The summed E-state index contributed by atoms with van der Waals surface area (Å²) in [6, 6.07) is 8.11. The smallest absolute Gasteiger partial charge is 0.177 e. The summed E-state index contributed by atoms with van der Waals surface area (Å²) in [4.78, 5) is 4.49. The fourth-order valence-corrected chi connectivity index (χ4v) is 4.00. The van der Waals surface area contributed by atoms with Crippen LogP contribution in [0.25, 0.3) is 5.65 Å². The molecular formula is C19H23ClN6. The molecule has 26 heavy (non-hydrogen) atoms. The van der Waals surface area contributed by atoms with Crippen molar-refractivity contribution in [2.75, 3.05) is 11.1 Å². The van der Waals surface area contributed by atoms with Gasteiger partial charge in [0.1, 0.15) is 5.82 Å². The van der Waals surface area contributed by atoms with Crippen LogP contribution < -0.4 is 16.8 Å². The number of nitrogens with two attached hydrogens (primary N) is 2. The fraction of sp³-hybridized carbons (Fsp3) is 0.368. The number of aromatic nitrogens is 3. The van der Waals surface area contributed by atoms with Gasteiger partial charge in [0.25, 0.3) is 0 Å². The van der Waals surface area contributed by atoms with Gasteiger partial charge in [-0.2, -0.15) is 0 Å². The van der Waals surface area contributed by atoms with Crippen LogP contribution in [0.3, 0.4) is 0 Å². The summed E-state index contributed by atoms with van der Waals surface area (Å²) in [6.45, 7) is 0.602. The lowest BCUT2D eigenvalue weighted by atomic mass is 9.81. The van der Waals surface area contributed by atoms with Crippen LogP contribution in [-0.4, -0.2) is 20.6 Å². The molecule has 0 bridgehead atoms. The van der Waals surface area contributed by atoms with Gasteiger partial charge in [0.15, 0.2) is 5.65 Å². The number of benzene rings is 1. The lowest BCUT2D eigenvalue weighted by Gasteiger charge is -2.28. The van der Waals surface area contributed by atoms with E-state index in [-0.39, 0.29) is 6.04 Å². The van der Waals surface area contributed by atoms with Gasteiger partial charge in [0.2, 0.25) is 0 Å². The van der Waals surface area contributed by atoms with Gasteiger partial charge in [-0.3, -0.25) is 0 Å². The standard InChI is InChI=1S/C19H23ClN6/c20-15-4-2-1-3-13(15)11-24-17-16(12-5-7-14(21)8-6-12)18(22)25-26-10-9-23-19(17)26/h1-4,9-10,12,14,24H,5-8,11,21H2,(H2,22,25). The minimum atomic E-state index is 0.287. The van der Waals surface area contributed by atoms with Crippen molar-refractivity contribution in [2.24, 2.45) is 5.73 Å². The van der Waals surface area contributed by atoms with Crippen LogP contribution in [0.5, 0.6) is 0 Å². The maximum Gasteiger partial charge on any atom is 0.177 e. The second-order valence-corrected chi connectivity index (χ2v) is 7.33. The van der Waals surface area contributed by atoms with Gasteiger partial charge < -0.3 is 16.8 Å². The molecule has 3 aromatic rings. The van der Waals surface area contributed by atoms with Gasteiger partial charge in [0, 0.05) is 35.6 Å². The summed E-state index contributed by atoms with van der Waals surface area (Å²) in [5, 5.41) is 8.77. The van der Waals surface area contributed by atoms with E-state index in [9.17, 15) is 0 Å². The van der Waals surface area contributed by atoms with Crippen molar-refractivity contribution in [1.82, 2.24) is 14.6 Å². The molecular weight excluding hydrogens is 348 g/mol. The Morgan fingerprint density at radius 3 is 2.73 bits per heavy atom. The molecule has 6 nitrogen and oxygen atoms in total. The molecule has 0 radical (unpaired) electrons. The quantitative estimate of drug-likeness (QED) is 0.652. The highest BCUT2D eigenvalue weighted by Gasteiger charge is 2.27. The lowest BCUT2D eigenvalue weighted by molar-refractivity contribution is 0.396. The lowest BCUT2D eigenvalue weighted by Crippen LogP contribution is -2.26. The third-order valence-corrected chi connectivity index (χ3v) is 5.57. The monoisotopic (exact) mass is 370 g/mol. The first kappa shape index (κ1) is 17.1. The largest absolute Gasteiger partial charge is 0.382 e. The van der Waals surface area contributed by atoms with E-state index in [0.717, 1.165) is 53.2 Å². The van der Waals surface area contributed by atoms with Gasteiger partial charge in [0.05, 0.1) is 5.69 Å². The number of anilines is 2. The van der Waals surface area contributed by atoms with Crippen molar-refractivity contribution in [2.45, 2.75) is 44.2 Å². The topological polar surface area (TPSA) is 94.3 Å². The van der Waals surface area contributed by atoms with Crippen molar-refractivity contribution < 1.29 is 0 Å². The normalized spacial score (nSPS) is 20.4. The Morgan fingerprint density at radius 2 is 1.96 bits per heavy atom. The van der Waals surface area contributed by atoms with Crippen LogP contribution >= 0.6 is 11.6 Å². The van der Waals surface area contributed by atoms with Crippen molar-refractivity contribution >= 4 is 28.8 Å². The molecule has 2 heterocycles. The minimum absolute atomic E-state index is 0.287. The first-order valence-corrected chi connectivity index (χ1v) is 9.37. The summed E-state index contributed by atoms with van der Waals surface area (Å²) in [5.74, 6) is 0.898. The first-order valence-electron chi connectivity index (χ1n) is 8.99. The van der Waals surface area contributed by atoms with Crippen molar-refractivity contribution in [3.8, 4) is 0 Å². The van der Waals surface area contributed by atoms with E-state index in [4.69, 9.17) is 23.1 Å². The zero-order valence-electron chi connectivity index (χ0n) is 14.5. The molecule has 1 saturated carbocycles. The Labute approximate surface area is 157 Å². The van der Waals surface area contributed by atoms with Crippen LogP contribution in [0.2, 0.25) is 5.02 Å². The highest BCUT2D eigenvalue weighted by Crippen LogP contribution is 2.40. The van der Waals surface area contributed by atoms with E-state index < -0.39 is 0 Å². The molecule has 1 fully saturated rings. The van der Waals surface area contributed by atoms with Crippen molar-refractivity contribution in [3.05, 3.63) is 52.8 Å². The molecule has 7 heteroatoms. The van der Waals surface area contributed by atoms with Crippen molar-refractivity contribution in [3.63, 3.8) is 0 Å². The summed E-state index contributed by atoms with van der Waals surface area (Å²) >= 11 is 6.31. The molecule has 0 saturated heterocycles. The molecule has 0 spiro atoms. The van der Waals surface area contributed by atoms with E-state index >= 15 is 0 Å². The average Bonchev–Trinajstić information content (AvgIpc) is 3.10. The molecule has 1 aliphatic rings. The molecule has 2 aromatic heterocycles. The highest BCUT2D eigenvalue weighted by atomic mass is 35.5. The minimum Gasteiger partial charge on any atom is -0.382 e. The Bertz CT molecular complexity index is 914. The molecule has 0 unspecified atom stereocenters. The zero-order chi connectivity index (χ0) is 18.1. The number of hydrogen-bond donors (Lipinski definition) is 3. The number of hydrogen-bond acceptors (Lipinski definition) is 5. The number of rotatable bonds is 4. The van der Waals surface area contributed by atoms with E-state index in [0.29, 0.717) is 18.3 Å². The molecule has 0 aliphatic heterocycles. The predicted octanol–water partition coefficient (Wildman–Crippen LogP) is 3.56. The van der Waals surface area contributed by atoms with Gasteiger partial charge in [-0.15, -0.1) is 5.10 Å². The number of halogens is 1. The predicted molar refractivity (Wildman–Crippen MR) is 105 cm³/mol. The summed E-state index contributed by atoms with van der Waals surface area (Å²) in [7, 11) is 0. The molecule has 0 atom stereocenters. The number of nitrogen functional groups attached to an aromatic ring is 1. The Kier molecular flexibility index (Phi) is 4.70. The van der Waals surface area contributed by atoms with Gasteiger partial charge in [-0.25, -0.2) is 9.50 Å². The van der Waals surface area contributed by atoms with E-state index in [1.54, 1.807) is 10.7 Å². The Morgan fingerprint density at radius 1 is 1.19 bits per heavy atom. The van der Waals surface area contributed by atoms with Crippen LogP contribution in [0.1, 0.15) is 42.7 Å². The van der Waals surface area contributed by atoms with Crippen LogP contribution in [0.4, 0.5) is 11.5 Å². The molecule has 136 valence electrons. The van der Waals surface area contributed by atoms with E-state index in [1.165, 1.54) is 0 Å². The first-order chi connectivity index (χ1) is 12.6. The SMILES string of the molecule is Nc1nn2ccnc2c(NCc2ccccc2Cl)c1C1CCC(N)CC1. The van der Waals surface area contributed by atoms with Gasteiger partial charge >= 0.3 is 0 Å². The zero-order valence-corrected chi connectivity index (χ0v) is 15.3. The van der Waals surface area contributed by atoms with Gasteiger partial charge in [-0.1, -0.05) is 29.8 Å². The highest BCUT2D eigenvalue weighted by molar-refractivity contribution is 6.31. The number of imidazole rings is 1. The molecule has 0 amide bonds. The van der Waals surface area contributed by atoms with Crippen LogP contribution in [-0.2, 0) is 6.54 Å². The third-order valence-electron chi connectivity index (χ3n) is 5.20. The fourth-order valence-electron chi connectivity index (χ4n) is 3.80. The van der Waals surface area contributed by atoms with E-state index in [1.807, 2.05) is 30.5 Å². The number of nitrogens with zero attached hydrogens (tertiary/aromatic N) is 3. The van der Waals surface area contributed by atoms with Crippen LogP contribution in [0, 0.1) is 0 Å². The maximum absolute atomic E-state index is 6.35. The molecule has 1 aromatic carbocycles. The average molecular weight is 371 g/mol. The number of fused-ring (bicyclic) bond motifs is 1. The van der Waals surface area contributed by atoms with Gasteiger partial charge in [-0.05, 0) is 43.2 Å². The summed E-state index contributed by atoms with van der Waals surface area (Å²) in [5.41, 5.74) is 16.3. The number of nitrogens with one attached hydrogen (secondary N) is 1. The third kappa shape index (κ3) is 3.22. The summed E-state index contributed by atoms with van der Waals surface area (Å²) in [6.07, 6.45) is 7.60. The maximum atomic E-state index is 6.35. The van der Waals surface area contributed by atoms with Crippen molar-refractivity contribution in [1.29, 1.82) is 0 Å². The second kappa shape index (κ2) is 7.13. The summed E-state index contributed by atoms with van der Waals surface area (Å²) < 4.78 is 1.72. The molecule has 5 N–H and O–H groups in total. The van der Waals surface area contributed by atoms with Crippen LogP contribution in [0.15, 0.2) is 36.7 Å². The Balaban J connectivity index is 1.72. The molecule has 4 rings (SSSR count). The molecule has 1 aliphatic carbocycles. The second-order valence-electron chi connectivity index (χ2n) is 6.93. The Hall–Kier alpha value is -2.31.